The number of ketones is 1. The van der Waals surface area contributed by atoms with Crippen molar-refractivity contribution in [2.24, 2.45) is 0 Å². The van der Waals surface area contributed by atoms with E-state index in [1.165, 1.54) is 19.1 Å². The summed E-state index contributed by atoms with van der Waals surface area (Å²) in [5.74, 6) is -0.0289. The maximum absolute atomic E-state index is 11.4. The summed E-state index contributed by atoms with van der Waals surface area (Å²) in [5.41, 5.74) is 2.69. The SMILES string of the molecule is CC(=O)c1cccc(NC(=S)Nc2ccc([N+](=O)[O-])cc2C)c1. The van der Waals surface area contributed by atoms with Crippen LogP contribution in [0.15, 0.2) is 42.5 Å². The zero-order valence-electron chi connectivity index (χ0n) is 12.6. The van der Waals surface area contributed by atoms with Crippen LogP contribution in [0.3, 0.4) is 0 Å². The molecule has 118 valence electrons. The summed E-state index contributed by atoms with van der Waals surface area (Å²) in [7, 11) is 0. The molecule has 2 aromatic rings. The van der Waals surface area contributed by atoms with Gasteiger partial charge in [-0.3, -0.25) is 14.9 Å². The van der Waals surface area contributed by atoms with Gasteiger partial charge in [0, 0.05) is 29.1 Å². The van der Waals surface area contributed by atoms with E-state index in [0.29, 0.717) is 27.6 Å². The standard InChI is InChI=1S/C16H15N3O3S/c1-10-8-14(19(21)22)6-7-15(10)18-16(23)17-13-5-3-4-12(9-13)11(2)20/h3-9H,1-2H3,(H2,17,18,23). The minimum absolute atomic E-state index is 0.0288. The van der Waals surface area contributed by atoms with Crippen molar-refractivity contribution >= 4 is 40.2 Å². The van der Waals surface area contributed by atoms with Gasteiger partial charge in [-0.1, -0.05) is 12.1 Å². The van der Waals surface area contributed by atoms with Gasteiger partial charge in [0.15, 0.2) is 10.9 Å². The van der Waals surface area contributed by atoms with E-state index in [4.69, 9.17) is 12.2 Å². The summed E-state index contributed by atoms with van der Waals surface area (Å²) in [4.78, 5) is 21.7. The van der Waals surface area contributed by atoms with E-state index in [0.717, 1.165) is 0 Å². The fraction of sp³-hybridized carbons (Fsp3) is 0.125. The minimum Gasteiger partial charge on any atom is -0.332 e. The first kappa shape index (κ1) is 16.6. The predicted octanol–water partition coefficient (Wildman–Crippen LogP) is 3.91. The quantitative estimate of drug-likeness (QED) is 0.383. The van der Waals surface area contributed by atoms with Crippen LogP contribution in [-0.2, 0) is 0 Å². The lowest BCUT2D eigenvalue weighted by Gasteiger charge is -2.13. The third-order valence-electron chi connectivity index (χ3n) is 3.20. The Labute approximate surface area is 138 Å². The third kappa shape index (κ3) is 4.33. The van der Waals surface area contributed by atoms with Gasteiger partial charge < -0.3 is 10.6 Å². The molecule has 2 aromatic carbocycles. The Kier molecular flexibility index (Phi) is 5.02. The maximum Gasteiger partial charge on any atom is 0.269 e. The number of carbonyl (C=O) groups is 1. The second-order valence-corrected chi connectivity index (χ2v) is 5.38. The number of rotatable bonds is 4. The molecule has 0 saturated heterocycles. The Hall–Kier alpha value is -2.80. The number of thiocarbonyl (C=S) groups is 1. The van der Waals surface area contributed by atoms with Crippen LogP contribution in [0.5, 0.6) is 0 Å². The molecule has 6 nitrogen and oxygen atoms in total. The number of benzene rings is 2. The highest BCUT2D eigenvalue weighted by Gasteiger charge is 2.09. The molecule has 0 heterocycles. The van der Waals surface area contributed by atoms with Gasteiger partial charge in [0.25, 0.3) is 5.69 Å². The lowest BCUT2D eigenvalue weighted by atomic mass is 10.1. The maximum atomic E-state index is 11.4. The van der Waals surface area contributed by atoms with E-state index in [9.17, 15) is 14.9 Å². The average Bonchev–Trinajstić information content (AvgIpc) is 2.49. The number of nitro groups is 1. The molecule has 0 fully saturated rings. The number of nitro benzene ring substituents is 1. The summed E-state index contributed by atoms with van der Waals surface area (Å²) >= 11 is 5.23. The Balaban J connectivity index is 2.09. The molecule has 0 spiro atoms. The van der Waals surface area contributed by atoms with Gasteiger partial charge in [0.2, 0.25) is 0 Å². The van der Waals surface area contributed by atoms with Crippen LogP contribution < -0.4 is 10.6 Å². The number of nitrogens with one attached hydrogen (secondary N) is 2. The first-order valence-electron chi connectivity index (χ1n) is 6.81. The first-order valence-corrected chi connectivity index (χ1v) is 7.21. The Morgan fingerprint density at radius 3 is 2.52 bits per heavy atom. The van der Waals surface area contributed by atoms with E-state index in [1.807, 2.05) is 0 Å². The van der Waals surface area contributed by atoms with Gasteiger partial charge >= 0.3 is 0 Å². The fourth-order valence-corrected chi connectivity index (χ4v) is 2.23. The molecule has 0 aliphatic heterocycles. The average molecular weight is 329 g/mol. The monoisotopic (exact) mass is 329 g/mol. The van der Waals surface area contributed by atoms with E-state index < -0.39 is 4.92 Å². The molecule has 0 saturated carbocycles. The number of anilines is 2. The molecule has 2 rings (SSSR count). The summed E-state index contributed by atoms with van der Waals surface area (Å²) in [6.45, 7) is 3.25. The molecule has 2 N–H and O–H groups in total. The summed E-state index contributed by atoms with van der Waals surface area (Å²) in [6.07, 6.45) is 0. The molecule has 7 heteroatoms. The van der Waals surface area contributed by atoms with Crippen molar-refractivity contribution in [1.82, 2.24) is 0 Å². The fourth-order valence-electron chi connectivity index (χ4n) is 2.00. The first-order chi connectivity index (χ1) is 10.9. The number of hydrogen-bond donors (Lipinski definition) is 2. The van der Waals surface area contributed by atoms with Crippen molar-refractivity contribution in [2.75, 3.05) is 10.6 Å². The highest BCUT2D eigenvalue weighted by molar-refractivity contribution is 7.80. The van der Waals surface area contributed by atoms with Gasteiger partial charge in [-0.25, -0.2) is 0 Å². The number of Topliss-reactive ketones (excluding diaryl/α,β-unsaturated/α-hetero) is 1. The lowest BCUT2D eigenvalue weighted by Crippen LogP contribution is -2.19. The van der Waals surface area contributed by atoms with Crippen molar-refractivity contribution in [2.45, 2.75) is 13.8 Å². The number of hydrogen-bond acceptors (Lipinski definition) is 4. The third-order valence-corrected chi connectivity index (χ3v) is 3.40. The van der Waals surface area contributed by atoms with Gasteiger partial charge in [-0.15, -0.1) is 0 Å². The van der Waals surface area contributed by atoms with Gasteiger partial charge in [-0.2, -0.15) is 0 Å². The Morgan fingerprint density at radius 1 is 1.17 bits per heavy atom. The minimum atomic E-state index is -0.444. The van der Waals surface area contributed by atoms with Crippen molar-refractivity contribution in [1.29, 1.82) is 0 Å². The van der Waals surface area contributed by atoms with Crippen LogP contribution >= 0.6 is 12.2 Å². The van der Waals surface area contributed by atoms with Gasteiger partial charge in [0.1, 0.15) is 0 Å². The van der Waals surface area contributed by atoms with Gasteiger partial charge in [0.05, 0.1) is 4.92 Å². The topological polar surface area (TPSA) is 84.3 Å². The number of nitrogens with zero attached hydrogens (tertiary/aromatic N) is 1. The Bertz CT molecular complexity index is 790. The number of carbonyl (C=O) groups excluding carboxylic acids is 1. The second kappa shape index (κ2) is 6.97. The zero-order chi connectivity index (χ0) is 17.0. The van der Waals surface area contributed by atoms with Crippen LogP contribution in [0.4, 0.5) is 17.1 Å². The number of non-ortho nitro benzene ring substituents is 1. The molecule has 0 aliphatic rings. The molecule has 0 amide bonds. The second-order valence-electron chi connectivity index (χ2n) is 4.97. The van der Waals surface area contributed by atoms with E-state index in [2.05, 4.69) is 10.6 Å². The smallest absolute Gasteiger partial charge is 0.269 e. The van der Waals surface area contributed by atoms with Crippen LogP contribution in [-0.4, -0.2) is 15.8 Å². The van der Waals surface area contributed by atoms with Crippen molar-refractivity contribution in [3.05, 3.63) is 63.7 Å². The molecule has 0 aliphatic carbocycles. The van der Waals surface area contributed by atoms with Crippen LogP contribution in [0.2, 0.25) is 0 Å². The summed E-state index contributed by atoms with van der Waals surface area (Å²) in [5, 5.41) is 17.0. The molecule has 0 atom stereocenters. The highest BCUT2D eigenvalue weighted by atomic mass is 32.1. The zero-order valence-corrected chi connectivity index (χ0v) is 13.4. The van der Waals surface area contributed by atoms with Crippen LogP contribution in [0.1, 0.15) is 22.8 Å². The van der Waals surface area contributed by atoms with E-state index in [1.54, 1.807) is 37.3 Å². The molecule has 0 radical (unpaired) electrons. The molecule has 0 aromatic heterocycles. The molecule has 0 unspecified atom stereocenters. The van der Waals surface area contributed by atoms with Crippen molar-refractivity contribution < 1.29 is 9.72 Å². The van der Waals surface area contributed by atoms with Crippen molar-refractivity contribution in [3.63, 3.8) is 0 Å². The normalized spacial score (nSPS) is 10.0. The molecular weight excluding hydrogens is 314 g/mol. The van der Waals surface area contributed by atoms with Crippen LogP contribution in [0, 0.1) is 17.0 Å². The largest absolute Gasteiger partial charge is 0.332 e. The van der Waals surface area contributed by atoms with E-state index >= 15 is 0 Å². The summed E-state index contributed by atoms with van der Waals surface area (Å²) in [6, 6.07) is 11.5. The van der Waals surface area contributed by atoms with Crippen LogP contribution in [0.25, 0.3) is 0 Å². The molecular formula is C16H15N3O3S. The van der Waals surface area contributed by atoms with Gasteiger partial charge in [-0.05, 0) is 49.8 Å². The number of aryl methyl sites for hydroxylation is 1. The summed E-state index contributed by atoms with van der Waals surface area (Å²) < 4.78 is 0. The molecule has 0 bridgehead atoms. The Morgan fingerprint density at radius 2 is 1.91 bits per heavy atom. The highest BCUT2D eigenvalue weighted by Crippen LogP contribution is 2.21. The van der Waals surface area contributed by atoms with E-state index in [-0.39, 0.29) is 11.5 Å². The van der Waals surface area contributed by atoms with Crippen molar-refractivity contribution in [3.8, 4) is 0 Å². The lowest BCUT2D eigenvalue weighted by molar-refractivity contribution is -0.384. The predicted molar refractivity (Wildman–Crippen MR) is 94.1 cm³/mol. The molecule has 23 heavy (non-hydrogen) atoms.